The highest BCUT2D eigenvalue weighted by molar-refractivity contribution is 5.92. The number of carbonyl (C=O) groups excluding carboxylic acids is 1. The molecule has 0 radical (unpaired) electrons. The SMILES string of the molecule is COc1cc(NC(=O)N(CC(=O)O)C(C)C)cc(OC)c1. The minimum atomic E-state index is -1.07. The molecule has 116 valence electrons. The molecule has 0 fully saturated rings. The lowest BCUT2D eigenvalue weighted by molar-refractivity contribution is -0.137. The van der Waals surface area contributed by atoms with Crippen molar-refractivity contribution in [1.29, 1.82) is 0 Å². The molecule has 0 bridgehead atoms. The fourth-order valence-corrected chi connectivity index (χ4v) is 1.71. The molecule has 2 N–H and O–H groups in total. The average Bonchev–Trinajstić information content (AvgIpc) is 2.43. The van der Waals surface area contributed by atoms with Gasteiger partial charge in [0.05, 0.1) is 14.2 Å². The number of amides is 2. The van der Waals surface area contributed by atoms with E-state index < -0.39 is 12.0 Å². The number of ether oxygens (including phenoxy) is 2. The van der Waals surface area contributed by atoms with Gasteiger partial charge in [-0.3, -0.25) is 4.79 Å². The van der Waals surface area contributed by atoms with Gasteiger partial charge in [-0.15, -0.1) is 0 Å². The highest BCUT2D eigenvalue weighted by Crippen LogP contribution is 2.26. The van der Waals surface area contributed by atoms with Crippen LogP contribution in [0.3, 0.4) is 0 Å². The Balaban J connectivity index is 2.92. The Morgan fingerprint density at radius 2 is 1.71 bits per heavy atom. The van der Waals surface area contributed by atoms with Gasteiger partial charge in [0, 0.05) is 29.9 Å². The van der Waals surface area contributed by atoms with Gasteiger partial charge in [0.1, 0.15) is 18.0 Å². The van der Waals surface area contributed by atoms with E-state index in [0.29, 0.717) is 17.2 Å². The van der Waals surface area contributed by atoms with Crippen LogP contribution in [-0.4, -0.2) is 48.8 Å². The number of nitrogens with one attached hydrogen (secondary N) is 1. The first-order valence-electron chi connectivity index (χ1n) is 6.39. The third-order valence-corrected chi connectivity index (χ3v) is 2.79. The van der Waals surface area contributed by atoms with Gasteiger partial charge >= 0.3 is 12.0 Å². The standard InChI is InChI=1S/C14H20N2O5/c1-9(2)16(8-13(17)18)14(19)15-10-5-11(20-3)7-12(6-10)21-4/h5-7,9H,8H2,1-4H3,(H,15,19)(H,17,18). The number of hydrogen-bond donors (Lipinski definition) is 2. The lowest BCUT2D eigenvalue weighted by atomic mass is 10.2. The van der Waals surface area contributed by atoms with Crippen molar-refractivity contribution in [3.8, 4) is 11.5 Å². The predicted molar refractivity (Wildman–Crippen MR) is 78.0 cm³/mol. The summed E-state index contributed by atoms with van der Waals surface area (Å²) >= 11 is 0. The lowest BCUT2D eigenvalue weighted by Crippen LogP contribution is -2.43. The molecule has 0 spiro atoms. The van der Waals surface area contributed by atoms with Crippen LogP contribution in [0.1, 0.15) is 13.8 Å². The number of rotatable bonds is 6. The van der Waals surface area contributed by atoms with Gasteiger partial charge in [-0.2, -0.15) is 0 Å². The molecule has 1 aromatic carbocycles. The fraction of sp³-hybridized carbons (Fsp3) is 0.429. The number of carboxylic acids is 1. The van der Waals surface area contributed by atoms with Crippen LogP contribution in [0.25, 0.3) is 0 Å². The minimum absolute atomic E-state index is 0.242. The van der Waals surface area contributed by atoms with Crippen molar-refractivity contribution in [3.05, 3.63) is 18.2 Å². The Kier molecular flexibility index (Phi) is 5.83. The van der Waals surface area contributed by atoms with Crippen LogP contribution in [0.5, 0.6) is 11.5 Å². The van der Waals surface area contributed by atoms with Crippen LogP contribution >= 0.6 is 0 Å². The summed E-state index contributed by atoms with van der Waals surface area (Å²) in [7, 11) is 3.01. The molecule has 0 atom stereocenters. The van der Waals surface area contributed by atoms with Crippen molar-refractivity contribution in [2.24, 2.45) is 0 Å². The maximum Gasteiger partial charge on any atom is 0.323 e. The van der Waals surface area contributed by atoms with Crippen LogP contribution in [0.15, 0.2) is 18.2 Å². The Morgan fingerprint density at radius 3 is 2.10 bits per heavy atom. The molecule has 0 aromatic heterocycles. The van der Waals surface area contributed by atoms with Crippen molar-refractivity contribution >= 4 is 17.7 Å². The van der Waals surface area contributed by atoms with E-state index in [1.54, 1.807) is 32.0 Å². The van der Waals surface area contributed by atoms with E-state index in [4.69, 9.17) is 14.6 Å². The van der Waals surface area contributed by atoms with Crippen molar-refractivity contribution < 1.29 is 24.2 Å². The monoisotopic (exact) mass is 296 g/mol. The molecule has 21 heavy (non-hydrogen) atoms. The summed E-state index contributed by atoms with van der Waals surface area (Å²) in [5.41, 5.74) is 0.465. The van der Waals surface area contributed by atoms with Crippen molar-refractivity contribution in [2.45, 2.75) is 19.9 Å². The van der Waals surface area contributed by atoms with E-state index in [-0.39, 0.29) is 12.6 Å². The summed E-state index contributed by atoms with van der Waals surface area (Å²) in [5, 5.41) is 11.5. The Hall–Kier alpha value is -2.44. The smallest absolute Gasteiger partial charge is 0.323 e. The number of hydrogen-bond acceptors (Lipinski definition) is 4. The molecule has 2 amide bonds. The van der Waals surface area contributed by atoms with Crippen LogP contribution in [0, 0.1) is 0 Å². The van der Waals surface area contributed by atoms with Gasteiger partial charge < -0.3 is 24.8 Å². The molecule has 0 unspecified atom stereocenters. The molecular formula is C14H20N2O5. The normalized spacial score (nSPS) is 10.1. The number of benzene rings is 1. The predicted octanol–water partition coefficient (Wildman–Crippen LogP) is 2.03. The van der Waals surface area contributed by atoms with Crippen LogP contribution < -0.4 is 14.8 Å². The van der Waals surface area contributed by atoms with Crippen molar-refractivity contribution in [2.75, 3.05) is 26.1 Å². The van der Waals surface area contributed by atoms with Crippen LogP contribution in [-0.2, 0) is 4.79 Å². The Bertz CT molecular complexity index is 494. The zero-order valence-corrected chi connectivity index (χ0v) is 12.5. The van der Waals surface area contributed by atoms with Crippen molar-refractivity contribution in [3.63, 3.8) is 0 Å². The molecule has 7 nitrogen and oxygen atoms in total. The molecular weight excluding hydrogens is 276 g/mol. The Morgan fingerprint density at radius 1 is 1.19 bits per heavy atom. The molecule has 0 aliphatic rings. The summed E-state index contributed by atoms with van der Waals surface area (Å²) in [6, 6.07) is 4.18. The van der Waals surface area contributed by atoms with E-state index in [1.807, 2.05) is 0 Å². The zero-order valence-electron chi connectivity index (χ0n) is 12.5. The average molecular weight is 296 g/mol. The summed E-state index contributed by atoms with van der Waals surface area (Å²) in [5.74, 6) is -0.0139. The van der Waals surface area contributed by atoms with Crippen molar-refractivity contribution in [1.82, 2.24) is 4.90 Å². The maximum atomic E-state index is 12.2. The topological polar surface area (TPSA) is 88.1 Å². The molecule has 0 saturated carbocycles. The first kappa shape index (κ1) is 16.6. The number of carbonyl (C=O) groups is 2. The van der Waals surface area contributed by atoms with E-state index in [0.717, 1.165) is 0 Å². The van der Waals surface area contributed by atoms with Gasteiger partial charge in [-0.05, 0) is 13.8 Å². The van der Waals surface area contributed by atoms with Crippen LogP contribution in [0.2, 0.25) is 0 Å². The quantitative estimate of drug-likeness (QED) is 0.838. The number of urea groups is 1. The Labute approximate surface area is 123 Å². The molecule has 1 aromatic rings. The molecule has 0 aliphatic carbocycles. The molecule has 0 saturated heterocycles. The molecule has 7 heteroatoms. The van der Waals surface area contributed by atoms with Gasteiger partial charge in [-0.25, -0.2) is 4.79 Å². The lowest BCUT2D eigenvalue weighted by Gasteiger charge is -2.25. The zero-order chi connectivity index (χ0) is 16.0. The fourth-order valence-electron chi connectivity index (χ4n) is 1.71. The van der Waals surface area contributed by atoms with E-state index in [1.165, 1.54) is 19.1 Å². The largest absolute Gasteiger partial charge is 0.497 e. The van der Waals surface area contributed by atoms with Crippen LogP contribution in [0.4, 0.5) is 10.5 Å². The van der Waals surface area contributed by atoms with E-state index in [9.17, 15) is 9.59 Å². The van der Waals surface area contributed by atoms with Gasteiger partial charge in [0.25, 0.3) is 0 Å². The summed E-state index contributed by atoms with van der Waals surface area (Å²) < 4.78 is 10.2. The third-order valence-electron chi connectivity index (χ3n) is 2.79. The number of carboxylic acid groups (broad SMARTS) is 1. The minimum Gasteiger partial charge on any atom is -0.497 e. The second-order valence-electron chi connectivity index (χ2n) is 4.65. The number of methoxy groups -OCH3 is 2. The second-order valence-corrected chi connectivity index (χ2v) is 4.65. The molecule has 0 heterocycles. The first-order chi connectivity index (χ1) is 9.87. The van der Waals surface area contributed by atoms with Gasteiger partial charge in [0.15, 0.2) is 0 Å². The highest BCUT2D eigenvalue weighted by atomic mass is 16.5. The molecule has 1 rings (SSSR count). The van der Waals surface area contributed by atoms with Gasteiger partial charge in [-0.1, -0.05) is 0 Å². The van der Waals surface area contributed by atoms with Gasteiger partial charge in [0.2, 0.25) is 0 Å². The molecule has 0 aliphatic heterocycles. The highest BCUT2D eigenvalue weighted by Gasteiger charge is 2.20. The van der Waals surface area contributed by atoms with E-state index >= 15 is 0 Å². The third kappa shape index (κ3) is 4.87. The summed E-state index contributed by atoms with van der Waals surface area (Å²) in [6.45, 7) is 3.12. The summed E-state index contributed by atoms with van der Waals surface area (Å²) in [4.78, 5) is 24.2. The number of aliphatic carboxylic acids is 1. The van der Waals surface area contributed by atoms with E-state index in [2.05, 4.69) is 5.32 Å². The first-order valence-corrected chi connectivity index (χ1v) is 6.39. The number of nitrogens with zero attached hydrogens (tertiary/aromatic N) is 1. The maximum absolute atomic E-state index is 12.2. The number of anilines is 1. The second kappa shape index (κ2) is 7.37. The summed E-state index contributed by atoms with van der Waals surface area (Å²) in [6.07, 6.45) is 0.